The summed E-state index contributed by atoms with van der Waals surface area (Å²) in [5.41, 5.74) is 9.47. The molecule has 4 heteroatoms. The highest BCUT2D eigenvalue weighted by Crippen LogP contribution is 2.27. The smallest absolute Gasteiger partial charge is 0.138 e. The van der Waals surface area contributed by atoms with E-state index in [1.807, 2.05) is 54.7 Å². The summed E-state index contributed by atoms with van der Waals surface area (Å²) < 4.78 is 5.15. The first kappa shape index (κ1) is 12.3. The largest absolute Gasteiger partial charge is 0.497 e. The Hall–Kier alpha value is -2.75. The van der Waals surface area contributed by atoms with E-state index >= 15 is 0 Å². The number of aromatic nitrogens is 2. The molecule has 3 N–H and O–H groups in total. The van der Waals surface area contributed by atoms with Crippen molar-refractivity contribution >= 4 is 5.69 Å². The van der Waals surface area contributed by atoms with Crippen molar-refractivity contribution in [2.24, 2.45) is 0 Å². The number of ether oxygens (including phenoxy) is 1. The predicted molar refractivity (Wildman–Crippen MR) is 80.4 cm³/mol. The van der Waals surface area contributed by atoms with Crippen molar-refractivity contribution in [1.29, 1.82) is 0 Å². The van der Waals surface area contributed by atoms with E-state index < -0.39 is 0 Å². The molecule has 1 aromatic heterocycles. The van der Waals surface area contributed by atoms with Gasteiger partial charge in [-0.05, 0) is 30.3 Å². The maximum atomic E-state index is 5.97. The Labute approximate surface area is 117 Å². The van der Waals surface area contributed by atoms with Gasteiger partial charge in [-0.25, -0.2) is 4.98 Å². The molecule has 0 amide bonds. The van der Waals surface area contributed by atoms with Crippen molar-refractivity contribution in [2.75, 3.05) is 12.8 Å². The molecule has 100 valence electrons. The molecule has 0 radical (unpaired) electrons. The Bertz CT molecular complexity index is 717. The second-order valence-corrected chi connectivity index (χ2v) is 4.45. The topological polar surface area (TPSA) is 63.9 Å². The maximum absolute atomic E-state index is 5.97. The number of hydrogen-bond donors (Lipinski definition) is 2. The minimum Gasteiger partial charge on any atom is -0.497 e. The molecule has 0 saturated carbocycles. The quantitative estimate of drug-likeness (QED) is 0.714. The van der Waals surface area contributed by atoms with Gasteiger partial charge in [-0.1, -0.05) is 18.2 Å². The number of para-hydroxylation sites is 1. The minimum atomic E-state index is 0.722. The van der Waals surface area contributed by atoms with Gasteiger partial charge in [0.2, 0.25) is 0 Å². The number of nitrogens with one attached hydrogen (secondary N) is 1. The summed E-state index contributed by atoms with van der Waals surface area (Å²) in [5.74, 6) is 1.64. The zero-order valence-electron chi connectivity index (χ0n) is 11.1. The molecule has 0 aliphatic carbocycles. The molecule has 0 aliphatic heterocycles. The van der Waals surface area contributed by atoms with E-state index in [4.69, 9.17) is 10.5 Å². The van der Waals surface area contributed by atoms with Gasteiger partial charge in [0.1, 0.15) is 11.6 Å². The zero-order valence-corrected chi connectivity index (χ0v) is 11.1. The van der Waals surface area contributed by atoms with Crippen molar-refractivity contribution in [2.45, 2.75) is 0 Å². The van der Waals surface area contributed by atoms with Crippen LogP contribution in [0.5, 0.6) is 5.75 Å². The average molecular weight is 265 g/mol. The molecule has 3 aromatic rings. The van der Waals surface area contributed by atoms with Gasteiger partial charge in [-0.2, -0.15) is 0 Å². The molecule has 4 nitrogen and oxygen atoms in total. The number of nitrogens with two attached hydrogens (primary N) is 1. The van der Waals surface area contributed by atoms with Crippen molar-refractivity contribution in [3.05, 3.63) is 54.7 Å². The summed E-state index contributed by atoms with van der Waals surface area (Å²) >= 11 is 0. The molecule has 0 aliphatic rings. The van der Waals surface area contributed by atoms with Crippen LogP contribution >= 0.6 is 0 Å². The fraction of sp³-hybridized carbons (Fsp3) is 0.0625. The van der Waals surface area contributed by atoms with Crippen LogP contribution in [0.15, 0.2) is 54.7 Å². The van der Waals surface area contributed by atoms with Gasteiger partial charge >= 0.3 is 0 Å². The number of hydrogen-bond acceptors (Lipinski definition) is 3. The summed E-state index contributed by atoms with van der Waals surface area (Å²) in [6.45, 7) is 0. The molecular weight excluding hydrogens is 250 g/mol. The number of H-pyrrole nitrogens is 1. The van der Waals surface area contributed by atoms with E-state index in [1.54, 1.807) is 7.11 Å². The lowest BCUT2D eigenvalue weighted by Gasteiger charge is -2.01. The number of rotatable bonds is 3. The van der Waals surface area contributed by atoms with E-state index in [1.165, 1.54) is 0 Å². The zero-order chi connectivity index (χ0) is 13.9. The highest BCUT2D eigenvalue weighted by atomic mass is 16.5. The monoisotopic (exact) mass is 265 g/mol. The van der Waals surface area contributed by atoms with E-state index in [0.29, 0.717) is 0 Å². The van der Waals surface area contributed by atoms with Crippen LogP contribution in [0.4, 0.5) is 5.69 Å². The third-order valence-electron chi connectivity index (χ3n) is 3.18. The van der Waals surface area contributed by atoms with Gasteiger partial charge in [0.15, 0.2) is 0 Å². The fourth-order valence-electron chi connectivity index (χ4n) is 2.09. The SMILES string of the molecule is COc1ccc(-c2nc(-c3ccccc3N)c[nH]2)cc1. The number of anilines is 1. The Morgan fingerprint density at radius 2 is 1.80 bits per heavy atom. The third-order valence-corrected chi connectivity index (χ3v) is 3.18. The van der Waals surface area contributed by atoms with Gasteiger partial charge in [0.25, 0.3) is 0 Å². The summed E-state index contributed by atoms with van der Waals surface area (Å²) in [6, 6.07) is 15.5. The normalized spacial score (nSPS) is 10.4. The Kier molecular flexibility index (Phi) is 3.13. The first-order valence-corrected chi connectivity index (χ1v) is 6.32. The number of aromatic amines is 1. The van der Waals surface area contributed by atoms with Crippen LogP contribution in [0.2, 0.25) is 0 Å². The van der Waals surface area contributed by atoms with Crippen LogP contribution < -0.4 is 10.5 Å². The molecule has 0 bridgehead atoms. The molecule has 3 rings (SSSR count). The summed E-state index contributed by atoms with van der Waals surface area (Å²) in [7, 11) is 1.65. The summed E-state index contributed by atoms with van der Waals surface area (Å²) in [6.07, 6.45) is 1.87. The fourth-order valence-corrected chi connectivity index (χ4v) is 2.09. The molecule has 2 aromatic carbocycles. The van der Waals surface area contributed by atoms with Crippen LogP contribution in [0.25, 0.3) is 22.6 Å². The van der Waals surface area contributed by atoms with E-state index in [9.17, 15) is 0 Å². The lowest BCUT2D eigenvalue weighted by Crippen LogP contribution is -1.89. The van der Waals surface area contributed by atoms with Gasteiger partial charge in [-0.3, -0.25) is 0 Å². The van der Waals surface area contributed by atoms with E-state index in [0.717, 1.165) is 34.1 Å². The molecule has 0 atom stereocenters. The molecule has 0 spiro atoms. The second-order valence-electron chi connectivity index (χ2n) is 4.45. The number of nitrogen functional groups attached to an aromatic ring is 1. The van der Waals surface area contributed by atoms with Crippen LogP contribution in [0.1, 0.15) is 0 Å². The predicted octanol–water partition coefficient (Wildman–Crippen LogP) is 3.33. The summed E-state index contributed by atoms with van der Waals surface area (Å²) in [5, 5.41) is 0. The summed E-state index contributed by atoms with van der Waals surface area (Å²) in [4.78, 5) is 7.77. The molecule has 0 saturated heterocycles. The van der Waals surface area contributed by atoms with Crippen LogP contribution in [0.3, 0.4) is 0 Å². The Morgan fingerprint density at radius 3 is 2.50 bits per heavy atom. The lowest BCUT2D eigenvalue weighted by molar-refractivity contribution is 0.415. The van der Waals surface area contributed by atoms with Crippen molar-refractivity contribution in [3.63, 3.8) is 0 Å². The molecule has 0 unspecified atom stereocenters. The van der Waals surface area contributed by atoms with Crippen molar-refractivity contribution in [1.82, 2.24) is 9.97 Å². The van der Waals surface area contributed by atoms with E-state index in [-0.39, 0.29) is 0 Å². The standard InChI is InChI=1S/C16H15N3O/c1-20-12-8-6-11(7-9-12)16-18-10-15(19-16)13-4-2-3-5-14(13)17/h2-10H,17H2,1H3,(H,18,19). The molecule has 1 heterocycles. The van der Waals surface area contributed by atoms with Gasteiger partial charge in [0.05, 0.1) is 12.8 Å². The van der Waals surface area contributed by atoms with Gasteiger partial charge in [0, 0.05) is 23.0 Å². The van der Waals surface area contributed by atoms with Crippen molar-refractivity contribution < 1.29 is 4.74 Å². The maximum Gasteiger partial charge on any atom is 0.138 e. The lowest BCUT2D eigenvalue weighted by atomic mass is 10.1. The minimum absolute atomic E-state index is 0.722. The van der Waals surface area contributed by atoms with Crippen LogP contribution in [0, 0.1) is 0 Å². The van der Waals surface area contributed by atoms with Crippen molar-refractivity contribution in [3.8, 4) is 28.4 Å². The second kappa shape index (κ2) is 5.09. The van der Waals surface area contributed by atoms with Gasteiger partial charge in [-0.15, -0.1) is 0 Å². The molecular formula is C16H15N3O. The first-order valence-electron chi connectivity index (χ1n) is 6.32. The highest BCUT2D eigenvalue weighted by molar-refractivity contribution is 5.74. The Morgan fingerprint density at radius 1 is 1.05 bits per heavy atom. The first-order chi connectivity index (χ1) is 9.78. The molecule has 20 heavy (non-hydrogen) atoms. The number of methoxy groups -OCH3 is 1. The number of benzene rings is 2. The van der Waals surface area contributed by atoms with Gasteiger partial charge < -0.3 is 15.5 Å². The Balaban J connectivity index is 1.95. The highest BCUT2D eigenvalue weighted by Gasteiger charge is 2.08. The van der Waals surface area contributed by atoms with Crippen LogP contribution in [-0.2, 0) is 0 Å². The average Bonchev–Trinajstić information content (AvgIpc) is 2.97. The van der Waals surface area contributed by atoms with E-state index in [2.05, 4.69) is 9.97 Å². The third kappa shape index (κ3) is 2.23. The number of nitrogens with zero attached hydrogens (tertiary/aromatic N) is 1. The number of imidazole rings is 1. The van der Waals surface area contributed by atoms with Crippen LogP contribution in [-0.4, -0.2) is 17.1 Å². The molecule has 0 fully saturated rings.